The molecule has 158 valence electrons. The van der Waals surface area contributed by atoms with E-state index in [1.165, 1.54) is 28.7 Å². The maximum absolute atomic E-state index is 12.4. The van der Waals surface area contributed by atoms with E-state index in [1.54, 1.807) is 0 Å². The van der Waals surface area contributed by atoms with Crippen molar-refractivity contribution in [1.82, 2.24) is 30.3 Å². The lowest BCUT2D eigenvalue weighted by Gasteiger charge is -2.05. The smallest absolute Gasteiger partial charge is 0.282 e. The highest BCUT2D eigenvalue weighted by molar-refractivity contribution is 7.98. The lowest BCUT2D eigenvalue weighted by atomic mass is 10.1. The van der Waals surface area contributed by atoms with Gasteiger partial charge >= 0.3 is 0 Å². The van der Waals surface area contributed by atoms with Gasteiger partial charge in [0.1, 0.15) is 5.01 Å². The number of benzene rings is 2. The predicted octanol–water partition coefficient (Wildman–Crippen LogP) is 4.17. The van der Waals surface area contributed by atoms with Crippen LogP contribution in [-0.4, -0.2) is 30.9 Å². The molecule has 7 nitrogen and oxygen atoms in total. The summed E-state index contributed by atoms with van der Waals surface area (Å²) in [6.07, 6.45) is 0. The van der Waals surface area contributed by atoms with Crippen molar-refractivity contribution in [1.29, 1.82) is 0 Å². The van der Waals surface area contributed by atoms with E-state index in [2.05, 4.69) is 38.7 Å². The number of thioether (sulfide) groups is 1. The van der Waals surface area contributed by atoms with Gasteiger partial charge in [-0.2, -0.15) is 0 Å². The van der Waals surface area contributed by atoms with Crippen LogP contribution in [0.25, 0.3) is 11.4 Å². The Labute approximate surface area is 189 Å². The van der Waals surface area contributed by atoms with Crippen molar-refractivity contribution in [2.24, 2.45) is 7.05 Å². The minimum Gasteiger partial charge on any atom is -0.346 e. The lowest BCUT2D eigenvalue weighted by molar-refractivity contribution is 0.0950. The summed E-state index contributed by atoms with van der Waals surface area (Å²) in [5.74, 6) is 1.19. The number of carbonyl (C=O) groups excluding carboxylic acids is 1. The van der Waals surface area contributed by atoms with Gasteiger partial charge in [-0.25, -0.2) is 0 Å². The molecule has 0 bridgehead atoms. The van der Waals surface area contributed by atoms with Crippen LogP contribution in [0.3, 0.4) is 0 Å². The van der Waals surface area contributed by atoms with Crippen LogP contribution in [0.15, 0.2) is 53.7 Å². The largest absolute Gasteiger partial charge is 0.346 e. The Balaban J connectivity index is 1.36. The number of nitrogens with zero attached hydrogens (tertiary/aromatic N) is 5. The van der Waals surface area contributed by atoms with Crippen molar-refractivity contribution < 1.29 is 4.79 Å². The number of aryl methyl sites for hydroxylation is 2. The number of hydrogen-bond acceptors (Lipinski definition) is 7. The predicted molar refractivity (Wildman–Crippen MR) is 123 cm³/mol. The van der Waals surface area contributed by atoms with Gasteiger partial charge in [-0.1, -0.05) is 77.2 Å². The van der Waals surface area contributed by atoms with Gasteiger partial charge in [0.15, 0.2) is 11.0 Å². The average molecular weight is 451 g/mol. The van der Waals surface area contributed by atoms with Gasteiger partial charge in [-0.15, -0.1) is 20.4 Å². The molecule has 4 aromatic rings. The molecular formula is C22H22N6OS2. The standard InChI is InChI=1S/C22H22N6OS2/c1-14-8-10-16(11-9-14)12-23-20(29)21-26-24-18(31-21)13-30-22-27-25-19(28(22)3)17-7-5-4-6-15(17)2/h4-11H,12-13H2,1-3H3,(H,23,29). The molecule has 0 spiro atoms. The molecular weight excluding hydrogens is 428 g/mol. The molecule has 0 unspecified atom stereocenters. The Morgan fingerprint density at radius 1 is 1.03 bits per heavy atom. The van der Waals surface area contributed by atoms with Crippen molar-refractivity contribution in [2.45, 2.75) is 31.3 Å². The molecule has 2 aromatic heterocycles. The summed E-state index contributed by atoms with van der Waals surface area (Å²) in [5, 5.41) is 21.7. The first-order chi connectivity index (χ1) is 15.0. The summed E-state index contributed by atoms with van der Waals surface area (Å²) in [4.78, 5) is 12.4. The van der Waals surface area contributed by atoms with Crippen molar-refractivity contribution in [3.05, 3.63) is 75.2 Å². The second kappa shape index (κ2) is 9.40. The molecule has 31 heavy (non-hydrogen) atoms. The third-order valence-electron chi connectivity index (χ3n) is 4.78. The number of carbonyl (C=O) groups is 1. The Hall–Kier alpha value is -3.04. The normalized spacial score (nSPS) is 10.9. The van der Waals surface area contributed by atoms with E-state index in [0.717, 1.165) is 32.7 Å². The minimum absolute atomic E-state index is 0.213. The van der Waals surface area contributed by atoms with Crippen LogP contribution < -0.4 is 5.32 Å². The zero-order valence-electron chi connectivity index (χ0n) is 17.5. The van der Waals surface area contributed by atoms with Gasteiger partial charge in [-0.3, -0.25) is 4.79 Å². The highest BCUT2D eigenvalue weighted by atomic mass is 32.2. The molecule has 1 N–H and O–H groups in total. The van der Waals surface area contributed by atoms with Gasteiger partial charge in [0.25, 0.3) is 5.91 Å². The average Bonchev–Trinajstić information content (AvgIpc) is 3.39. The van der Waals surface area contributed by atoms with Crippen molar-refractivity contribution >= 4 is 29.0 Å². The third kappa shape index (κ3) is 5.00. The van der Waals surface area contributed by atoms with E-state index < -0.39 is 0 Å². The van der Waals surface area contributed by atoms with Crippen LogP contribution in [0.4, 0.5) is 0 Å². The zero-order chi connectivity index (χ0) is 21.8. The molecule has 0 saturated carbocycles. The maximum atomic E-state index is 12.4. The fourth-order valence-electron chi connectivity index (χ4n) is 2.99. The van der Waals surface area contributed by atoms with Gasteiger partial charge in [-0.05, 0) is 25.0 Å². The van der Waals surface area contributed by atoms with Crippen molar-refractivity contribution in [3.8, 4) is 11.4 Å². The molecule has 0 saturated heterocycles. The van der Waals surface area contributed by atoms with Gasteiger partial charge in [0, 0.05) is 19.2 Å². The molecule has 9 heteroatoms. The fraction of sp³-hybridized carbons (Fsp3) is 0.227. The quantitative estimate of drug-likeness (QED) is 0.425. The first kappa shape index (κ1) is 21.2. The second-order valence-electron chi connectivity index (χ2n) is 7.14. The first-order valence-electron chi connectivity index (χ1n) is 9.75. The molecule has 4 rings (SSSR count). The molecule has 0 atom stereocenters. The molecule has 0 aliphatic carbocycles. The van der Waals surface area contributed by atoms with Gasteiger partial charge < -0.3 is 9.88 Å². The molecule has 0 aliphatic heterocycles. The van der Waals surface area contributed by atoms with Crippen LogP contribution in [0.2, 0.25) is 0 Å². The summed E-state index contributed by atoms with van der Waals surface area (Å²) in [5.41, 5.74) is 4.45. The van der Waals surface area contributed by atoms with Crippen LogP contribution in [0.1, 0.15) is 31.5 Å². The van der Waals surface area contributed by atoms with E-state index in [1.807, 2.05) is 61.0 Å². The van der Waals surface area contributed by atoms with Crippen LogP contribution >= 0.6 is 23.1 Å². The Morgan fingerprint density at radius 2 is 1.81 bits per heavy atom. The zero-order valence-corrected chi connectivity index (χ0v) is 19.1. The van der Waals surface area contributed by atoms with Crippen LogP contribution in [0, 0.1) is 13.8 Å². The van der Waals surface area contributed by atoms with E-state index in [-0.39, 0.29) is 5.91 Å². The van der Waals surface area contributed by atoms with Crippen LogP contribution in [0.5, 0.6) is 0 Å². The number of hydrogen-bond donors (Lipinski definition) is 1. The van der Waals surface area contributed by atoms with Crippen molar-refractivity contribution in [3.63, 3.8) is 0 Å². The minimum atomic E-state index is -0.213. The summed E-state index contributed by atoms with van der Waals surface area (Å²) in [7, 11) is 1.95. The maximum Gasteiger partial charge on any atom is 0.282 e. The van der Waals surface area contributed by atoms with E-state index >= 15 is 0 Å². The van der Waals surface area contributed by atoms with Gasteiger partial charge in [0.2, 0.25) is 5.01 Å². The third-order valence-corrected chi connectivity index (χ3v) is 6.92. The number of aromatic nitrogens is 5. The lowest BCUT2D eigenvalue weighted by Crippen LogP contribution is -2.22. The molecule has 0 fully saturated rings. The number of nitrogens with one attached hydrogen (secondary N) is 1. The highest BCUT2D eigenvalue weighted by Crippen LogP contribution is 2.27. The molecule has 0 radical (unpaired) electrons. The molecule has 0 aliphatic rings. The molecule has 2 aromatic carbocycles. The molecule has 2 heterocycles. The highest BCUT2D eigenvalue weighted by Gasteiger charge is 2.16. The summed E-state index contributed by atoms with van der Waals surface area (Å²) in [6.45, 7) is 4.56. The molecule has 1 amide bonds. The Kier molecular flexibility index (Phi) is 6.43. The summed E-state index contributed by atoms with van der Waals surface area (Å²) >= 11 is 2.82. The van der Waals surface area contributed by atoms with E-state index in [0.29, 0.717) is 17.3 Å². The summed E-state index contributed by atoms with van der Waals surface area (Å²) in [6, 6.07) is 16.2. The van der Waals surface area contributed by atoms with Crippen LogP contribution in [-0.2, 0) is 19.3 Å². The topological polar surface area (TPSA) is 85.6 Å². The van der Waals surface area contributed by atoms with E-state index in [4.69, 9.17) is 0 Å². The Morgan fingerprint density at radius 3 is 2.58 bits per heavy atom. The fourth-order valence-corrected chi connectivity index (χ4v) is 4.65. The van der Waals surface area contributed by atoms with Crippen molar-refractivity contribution in [2.75, 3.05) is 0 Å². The SMILES string of the molecule is Cc1ccc(CNC(=O)c2nnc(CSc3nnc(-c4ccccc4C)n3C)s2)cc1. The monoisotopic (exact) mass is 450 g/mol. The van der Waals surface area contributed by atoms with E-state index in [9.17, 15) is 4.79 Å². The number of amides is 1. The summed E-state index contributed by atoms with van der Waals surface area (Å²) < 4.78 is 1.98. The Bertz CT molecular complexity index is 1200. The second-order valence-corrected chi connectivity index (χ2v) is 9.14. The first-order valence-corrected chi connectivity index (χ1v) is 11.6. The van der Waals surface area contributed by atoms with Gasteiger partial charge in [0.05, 0.1) is 5.75 Å². The number of rotatable bonds is 7.